The third-order valence-corrected chi connectivity index (χ3v) is 5.93. The van der Waals surface area contributed by atoms with Crippen LogP contribution in [0.5, 0.6) is 0 Å². The molecule has 1 N–H and O–H groups in total. The molecule has 0 bridgehead atoms. The Balaban J connectivity index is 0.00000300. The number of piperazine rings is 1. The average molecular weight is 513 g/mol. The van der Waals surface area contributed by atoms with Crippen molar-refractivity contribution in [1.82, 2.24) is 20.0 Å². The van der Waals surface area contributed by atoms with Crippen molar-refractivity contribution in [1.29, 1.82) is 0 Å². The van der Waals surface area contributed by atoms with Crippen LogP contribution in [0, 0.1) is 6.92 Å². The Hall–Kier alpha value is -1.35. The summed E-state index contributed by atoms with van der Waals surface area (Å²) < 4.78 is 0. The highest BCUT2D eigenvalue weighted by Crippen LogP contribution is 2.14. The van der Waals surface area contributed by atoms with Crippen molar-refractivity contribution >= 4 is 35.8 Å². The summed E-state index contributed by atoms with van der Waals surface area (Å²) >= 11 is 0. The van der Waals surface area contributed by atoms with Gasteiger partial charge in [-0.15, -0.1) is 24.0 Å². The maximum absolute atomic E-state index is 12.7. The van der Waals surface area contributed by atoms with E-state index in [9.17, 15) is 4.79 Å². The van der Waals surface area contributed by atoms with E-state index in [0.717, 1.165) is 64.6 Å². The molecule has 0 aromatic heterocycles. The molecule has 29 heavy (non-hydrogen) atoms. The quantitative estimate of drug-likeness (QED) is 0.374. The fourth-order valence-electron chi connectivity index (χ4n) is 4.05. The number of aliphatic imine (C=N–C) groups is 1. The van der Waals surface area contributed by atoms with Gasteiger partial charge in [-0.25, -0.2) is 4.99 Å². The molecular weight excluding hydrogens is 477 g/mol. The van der Waals surface area contributed by atoms with Gasteiger partial charge in [0.05, 0.1) is 12.6 Å². The number of likely N-dealkylation sites (tertiary alicyclic amines) is 1. The third kappa shape index (κ3) is 6.31. The van der Waals surface area contributed by atoms with Crippen molar-refractivity contribution in [3.8, 4) is 0 Å². The van der Waals surface area contributed by atoms with Crippen LogP contribution in [0.1, 0.15) is 37.8 Å². The van der Waals surface area contributed by atoms with Gasteiger partial charge in [0.1, 0.15) is 0 Å². The van der Waals surface area contributed by atoms with E-state index in [2.05, 4.69) is 60.2 Å². The maximum Gasteiger partial charge on any atom is 0.239 e. The standard InChI is InChI=1S/C22H35N5O.HI/c1-4-23-22(24-17-20-10-6-5-9-18(20)2)27-15-13-25(14-16-27)19(3)21(28)26-11-7-8-12-26;/h5-6,9-10,19H,4,7-8,11-17H2,1-3H3,(H,23,24);1H. The number of hydrogen-bond donors (Lipinski definition) is 1. The minimum Gasteiger partial charge on any atom is -0.357 e. The van der Waals surface area contributed by atoms with Crippen molar-refractivity contribution in [2.45, 2.75) is 46.2 Å². The maximum atomic E-state index is 12.7. The fourth-order valence-corrected chi connectivity index (χ4v) is 4.05. The largest absolute Gasteiger partial charge is 0.357 e. The first-order chi connectivity index (χ1) is 13.6. The fraction of sp³-hybridized carbons (Fsp3) is 0.636. The lowest BCUT2D eigenvalue weighted by Crippen LogP contribution is -2.57. The zero-order chi connectivity index (χ0) is 19.9. The third-order valence-electron chi connectivity index (χ3n) is 5.93. The van der Waals surface area contributed by atoms with Crippen LogP contribution in [0.25, 0.3) is 0 Å². The van der Waals surface area contributed by atoms with Crippen LogP contribution in [-0.4, -0.2) is 78.4 Å². The number of aryl methyl sites for hydroxylation is 1. The first-order valence-corrected chi connectivity index (χ1v) is 10.7. The van der Waals surface area contributed by atoms with E-state index in [0.29, 0.717) is 12.5 Å². The van der Waals surface area contributed by atoms with Crippen LogP contribution >= 0.6 is 24.0 Å². The normalized spacial score (nSPS) is 19.1. The number of halogens is 1. The predicted molar refractivity (Wildman–Crippen MR) is 130 cm³/mol. The monoisotopic (exact) mass is 513 g/mol. The molecule has 2 saturated heterocycles. The highest BCUT2D eigenvalue weighted by atomic mass is 127. The topological polar surface area (TPSA) is 51.2 Å². The van der Waals surface area contributed by atoms with Gasteiger partial charge in [-0.05, 0) is 44.7 Å². The molecular formula is C22H36IN5O. The minimum absolute atomic E-state index is 0. The molecule has 0 spiro atoms. The van der Waals surface area contributed by atoms with Gasteiger partial charge in [0, 0.05) is 45.8 Å². The molecule has 3 rings (SSSR count). The summed E-state index contributed by atoms with van der Waals surface area (Å²) in [6.07, 6.45) is 2.30. The summed E-state index contributed by atoms with van der Waals surface area (Å²) in [6, 6.07) is 8.40. The highest BCUT2D eigenvalue weighted by molar-refractivity contribution is 14.0. The van der Waals surface area contributed by atoms with Crippen LogP contribution < -0.4 is 5.32 Å². The Labute approximate surface area is 192 Å². The zero-order valence-corrected chi connectivity index (χ0v) is 20.4. The number of nitrogens with one attached hydrogen (secondary N) is 1. The molecule has 1 aromatic rings. The number of carbonyl (C=O) groups excluding carboxylic acids is 1. The first kappa shape index (κ1) is 23.9. The van der Waals surface area contributed by atoms with E-state index in [4.69, 9.17) is 4.99 Å². The summed E-state index contributed by atoms with van der Waals surface area (Å²) in [5.41, 5.74) is 2.54. The Kier molecular flexibility index (Phi) is 9.68. The smallest absolute Gasteiger partial charge is 0.239 e. The van der Waals surface area contributed by atoms with Gasteiger partial charge >= 0.3 is 0 Å². The van der Waals surface area contributed by atoms with Gasteiger partial charge < -0.3 is 15.1 Å². The van der Waals surface area contributed by atoms with Crippen LogP contribution in [0.4, 0.5) is 0 Å². The lowest BCUT2D eigenvalue weighted by molar-refractivity contribution is -0.135. The molecule has 1 aromatic carbocycles. The lowest BCUT2D eigenvalue weighted by atomic mass is 10.1. The molecule has 0 aliphatic carbocycles. The van der Waals surface area contributed by atoms with Gasteiger partial charge in [-0.1, -0.05) is 24.3 Å². The Bertz CT molecular complexity index is 682. The second-order valence-corrected chi connectivity index (χ2v) is 7.83. The number of carbonyl (C=O) groups is 1. The number of benzene rings is 1. The Morgan fingerprint density at radius 3 is 2.34 bits per heavy atom. The summed E-state index contributed by atoms with van der Waals surface area (Å²) in [6.45, 7) is 13.3. The number of nitrogens with zero attached hydrogens (tertiary/aromatic N) is 4. The van der Waals surface area contributed by atoms with E-state index in [1.807, 2.05) is 4.90 Å². The molecule has 2 fully saturated rings. The molecule has 0 saturated carbocycles. The highest BCUT2D eigenvalue weighted by Gasteiger charge is 2.30. The van der Waals surface area contributed by atoms with Crippen molar-refractivity contribution < 1.29 is 4.79 Å². The molecule has 2 heterocycles. The summed E-state index contributed by atoms with van der Waals surface area (Å²) in [5.74, 6) is 1.27. The molecule has 2 aliphatic rings. The zero-order valence-electron chi connectivity index (χ0n) is 18.1. The molecule has 6 nitrogen and oxygen atoms in total. The molecule has 2 aliphatic heterocycles. The van der Waals surface area contributed by atoms with E-state index < -0.39 is 0 Å². The predicted octanol–water partition coefficient (Wildman–Crippen LogP) is 2.71. The minimum atomic E-state index is -0.0215. The molecule has 7 heteroatoms. The number of rotatable bonds is 5. The Morgan fingerprint density at radius 1 is 1.07 bits per heavy atom. The molecule has 1 unspecified atom stereocenters. The molecule has 0 radical (unpaired) electrons. The van der Waals surface area contributed by atoms with E-state index in [-0.39, 0.29) is 30.0 Å². The van der Waals surface area contributed by atoms with Gasteiger partial charge in [-0.3, -0.25) is 9.69 Å². The van der Waals surface area contributed by atoms with Gasteiger partial charge in [0.25, 0.3) is 0 Å². The van der Waals surface area contributed by atoms with Crippen molar-refractivity contribution in [2.75, 3.05) is 45.8 Å². The summed E-state index contributed by atoms with van der Waals surface area (Å²) in [4.78, 5) is 24.2. The summed E-state index contributed by atoms with van der Waals surface area (Å²) in [7, 11) is 0. The lowest BCUT2D eigenvalue weighted by Gasteiger charge is -2.39. The Morgan fingerprint density at radius 2 is 1.72 bits per heavy atom. The number of amides is 1. The summed E-state index contributed by atoms with van der Waals surface area (Å²) in [5, 5.41) is 3.44. The van der Waals surface area contributed by atoms with Crippen LogP contribution in [0.15, 0.2) is 29.3 Å². The first-order valence-electron chi connectivity index (χ1n) is 10.7. The number of hydrogen-bond acceptors (Lipinski definition) is 3. The second-order valence-electron chi connectivity index (χ2n) is 7.83. The van der Waals surface area contributed by atoms with Crippen molar-refractivity contribution in [3.05, 3.63) is 35.4 Å². The van der Waals surface area contributed by atoms with Gasteiger partial charge in [0.15, 0.2) is 5.96 Å². The van der Waals surface area contributed by atoms with Gasteiger partial charge in [0.2, 0.25) is 5.91 Å². The van der Waals surface area contributed by atoms with Crippen molar-refractivity contribution in [2.24, 2.45) is 4.99 Å². The SMILES string of the molecule is CCNC(=NCc1ccccc1C)N1CCN(C(C)C(=O)N2CCCC2)CC1.I. The van der Waals surface area contributed by atoms with E-state index in [1.165, 1.54) is 11.1 Å². The molecule has 1 atom stereocenters. The van der Waals surface area contributed by atoms with E-state index >= 15 is 0 Å². The van der Waals surface area contributed by atoms with Gasteiger partial charge in [-0.2, -0.15) is 0 Å². The van der Waals surface area contributed by atoms with E-state index in [1.54, 1.807) is 0 Å². The average Bonchev–Trinajstić information content (AvgIpc) is 3.26. The van der Waals surface area contributed by atoms with Crippen molar-refractivity contribution in [3.63, 3.8) is 0 Å². The second kappa shape index (κ2) is 11.7. The molecule has 1 amide bonds. The van der Waals surface area contributed by atoms with Crippen LogP contribution in [0.2, 0.25) is 0 Å². The molecule has 162 valence electrons. The van der Waals surface area contributed by atoms with Crippen LogP contribution in [-0.2, 0) is 11.3 Å². The van der Waals surface area contributed by atoms with Crippen LogP contribution in [0.3, 0.4) is 0 Å². The number of guanidine groups is 1.